The number of nitrogens with one attached hydrogen (secondary N) is 1. The highest BCUT2D eigenvalue weighted by Crippen LogP contribution is 2.14. The van der Waals surface area contributed by atoms with Crippen molar-refractivity contribution in [2.75, 3.05) is 39.5 Å². The third-order valence-corrected chi connectivity index (χ3v) is 3.04. The minimum Gasteiger partial charge on any atom is -0.389 e. The normalized spacial score (nSPS) is 21.2. The van der Waals surface area contributed by atoms with Gasteiger partial charge in [-0.2, -0.15) is 0 Å². The zero-order chi connectivity index (χ0) is 13.9. The number of ether oxygens (including phenoxy) is 3. The van der Waals surface area contributed by atoms with E-state index in [4.69, 9.17) is 14.2 Å². The Kier molecular flexibility index (Phi) is 9.38. The van der Waals surface area contributed by atoms with Gasteiger partial charge in [0.25, 0.3) is 0 Å². The molecule has 0 bridgehead atoms. The molecule has 2 atom stereocenters. The second-order valence-electron chi connectivity index (χ2n) is 5.28. The molecule has 0 aromatic carbocycles. The highest BCUT2D eigenvalue weighted by Gasteiger charge is 2.14. The van der Waals surface area contributed by atoms with Gasteiger partial charge in [0.15, 0.2) is 0 Å². The molecule has 0 aliphatic carbocycles. The molecule has 0 radical (unpaired) electrons. The maximum absolute atomic E-state index is 9.69. The van der Waals surface area contributed by atoms with Crippen molar-refractivity contribution in [1.29, 1.82) is 0 Å². The standard InChI is InChI=1S/C14H29NO4/c1-12(2)18-9-8-17-11-13(16)10-15-6-5-14-4-3-7-19-14/h12-16H,3-11H2,1-2H3. The van der Waals surface area contributed by atoms with E-state index < -0.39 is 6.10 Å². The molecular weight excluding hydrogens is 246 g/mol. The molecule has 0 saturated carbocycles. The summed E-state index contributed by atoms with van der Waals surface area (Å²) >= 11 is 0. The number of hydrogen-bond donors (Lipinski definition) is 2. The fourth-order valence-corrected chi connectivity index (χ4v) is 2.02. The van der Waals surface area contributed by atoms with E-state index in [0.717, 1.165) is 19.6 Å². The minimum atomic E-state index is -0.455. The van der Waals surface area contributed by atoms with Gasteiger partial charge in [0.1, 0.15) is 0 Å². The fraction of sp³-hybridized carbons (Fsp3) is 1.00. The average Bonchev–Trinajstić information content (AvgIpc) is 2.87. The average molecular weight is 275 g/mol. The Labute approximate surface area is 116 Å². The number of rotatable bonds is 11. The highest BCUT2D eigenvalue weighted by atomic mass is 16.5. The first-order valence-electron chi connectivity index (χ1n) is 7.38. The summed E-state index contributed by atoms with van der Waals surface area (Å²) in [5, 5.41) is 12.9. The molecule has 0 aromatic heterocycles. The first kappa shape index (κ1) is 16.9. The largest absolute Gasteiger partial charge is 0.389 e. The van der Waals surface area contributed by atoms with Crippen LogP contribution in [0.5, 0.6) is 0 Å². The van der Waals surface area contributed by atoms with Crippen LogP contribution < -0.4 is 5.32 Å². The topological polar surface area (TPSA) is 60.0 Å². The highest BCUT2D eigenvalue weighted by molar-refractivity contribution is 4.67. The Bertz CT molecular complexity index is 208. The van der Waals surface area contributed by atoms with E-state index in [9.17, 15) is 5.11 Å². The quantitative estimate of drug-likeness (QED) is 0.550. The Hall–Kier alpha value is -0.200. The molecule has 2 unspecified atom stereocenters. The third kappa shape index (κ3) is 9.35. The third-order valence-electron chi connectivity index (χ3n) is 3.04. The summed E-state index contributed by atoms with van der Waals surface area (Å²) in [6, 6.07) is 0. The van der Waals surface area contributed by atoms with Crippen molar-refractivity contribution >= 4 is 0 Å². The van der Waals surface area contributed by atoms with Crippen LogP contribution in [0.4, 0.5) is 0 Å². The van der Waals surface area contributed by atoms with Crippen LogP contribution in [-0.4, -0.2) is 62.9 Å². The molecule has 114 valence electrons. The van der Waals surface area contributed by atoms with Crippen molar-refractivity contribution < 1.29 is 19.3 Å². The lowest BCUT2D eigenvalue weighted by Crippen LogP contribution is -2.32. The number of aliphatic hydroxyl groups is 1. The van der Waals surface area contributed by atoms with Gasteiger partial charge in [-0.25, -0.2) is 0 Å². The summed E-state index contributed by atoms with van der Waals surface area (Å²) in [6.45, 7) is 7.81. The lowest BCUT2D eigenvalue weighted by Gasteiger charge is -2.14. The first-order chi connectivity index (χ1) is 9.18. The summed E-state index contributed by atoms with van der Waals surface area (Å²) < 4.78 is 16.2. The molecule has 5 heteroatoms. The maximum Gasteiger partial charge on any atom is 0.0897 e. The second kappa shape index (κ2) is 10.6. The molecule has 1 rings (SSSR count). The van der Waals surface area contributed by atoms with E-state index in [1.165, 1.54) is 12.8 Å². The molecule has 1 aliphatic heterocycles. The van der Waals surface area contributed by atoms with Crippen molar-refractivity contribution in [2.24, 2.45) is 0 Å². The molecule has 0 spiro atoms. The lowest BCUT2D eigenvalue weighted by atomic mass is 10.2. The first-order valence-corrected chi connectivity index (χ1v) is 7.38. The monoisotopic (exact) mass is 275 g/mol. The van der Waals surface area contributed by atoms with Gasteiger partial charge >= 0.3 is 0 Å². The zero-order valence-electron chi connectivity index (χ0n) is 12.3. The second-order valence-corrected chi connectivity index (χ2v) is 5.28. The van der Waals surface area contributed by atoms with Crippen LogP contribution in [0.15, 0.2) is 0 Å². The van der Waals surface area contributed by atoms with Crippen LogP contribution in [0.2, 0.25) is 0 Å². The van der Waals surface area contributed by atoms with E-state index in [2.05, 4.69) is 5.32 Å². The summed E-state index contributed by atoms with van der Waals surface area (Å²) in [5.74, 6) is 0. The van der Waals surface area contributed by atoms with Crippen LogP contribution in [0, 0.1) is 0 Å². The molecule has 1 saturated heterocycles. The smallest absolute Gasteiger partial charge is 0.0897 e. The summed E-state index contributed by atoms with van der Waals surface area (Å²) in [4.78, 5) is 0. The van der Waals surface area contributed by atoms with E-state index in [1.807, 2.05) is 13.8 Å². The van der Waals surface area contributed by atoms with Gasteiger partial charge in [0.2, 0.25) is 0 Å². The minimum absolute atomic E-state index is 0.230. The molecule has 2 N–H and O–H groups in total. The SMILES string of the molecule is CC(C)OCCOCC(O)CNCCC1CCCO1. The van der Waals surface area contributed by atoms with Crippen LogP contribution in [0.1, 0.15) is 33.1 Å². The fourth-order valence-electron chi connectivity index (χ4n) is 2.02. The summed E-state index contributed by atoms with van der Waals surface area (Å²) in [7, 11) is 0. The Morgan fingerprint density at radius 3 is 2.89 bits per heavy atom. The molecule has 0 aromatic rings. The molecule has 1 heterocycles. The van der Waals surface area contributed by atoms with Crippen LogP contribution >= 0.6 is 0 Å². The molecule has 1 aliphatic rings. The van der Waals surface area contributed by atoms with Gasteiger partial charge < -0.3 is 24.6 Å². The predicted octanol–water partition coefficient (Wildman–Crippen LogP) is 0.948. The van der Waals surface area contributed by atoms with Gasteiger partial charge in [-0.05, 0) is 39.7 Å². The van der Waals surface area contributed by atoms with Crippen molar-refractivity contribution in [3.05, 3.63) is 0 Å². The van der Waals surface area contributed by atoms with Crippen LogP contribution in [0.3, 0.4) is 0 Å². The van der Waals surface area contributed by atoms with Crippen LogP contribution in [-0.2, 0) is 14.2 Å². The van der Waals surface area contributed by atoms with Crippen molar-refractivity contribution in [3.8, 4) is 0 Å². The van der Waals surface area contributed by atoms with E-state index in [1.54, 1.807) is 0 Å². The zero-order valence-corrected chi connectivity index (χ0v) is 12.3. The lowest BCUT2D eigenvalue weighted by molar-refractivity contribution is -0.0101. The molecule has 5 nitrogen and oxygen atoms in total. The predicted molar refractivity (Wildman–Crippen MR) is 74.4 cm³/mol. The van der Waals surface area contributed by atoms with E-state index in [0.29, 0.717) is 32.5 Å². The van der Waals surface area contributed by atoms with Crippen LogP contribution in [0.25, 0.3) is 0 Å². The van der Waals surface area contributed by atoms with E-state index >= 15 is 0 Å². The summed E-state index contributed by atoms with van der Waals surface area (Å²) in [6.07, 6.45) is 3.56. The Morgan fingerprint density at radius 2 is 2.21 bits per heavy atom. The van der Waals surface area contributed by atoms with Gasteiger partial charge in [-0.1, -0.05) is 0 Å². The molecule has 0 amide bonds. The number of aliphatic hydroxyl groups excluding tert-OH is 1. The van der Waals surface area contributed by atoms with Crippen molar-refractivity contribution in [3.63, 3.8) is 0 Å². The number of hydrogen-bond acceptors (Lipinski definition) is 5. The molecule has 1 fully saturated rings. The van der Waals surface area contributed by atoms with E-state index in [-0.39, 0.29) is 6.10 Å². The van der Waals surface area contributed by atoms with Gasteiger partial charge in [-0.15, -0.1) is 0 Å². The maximum atomic E-state index is 9.69. The molecule has 19 heavy (non-hydrogen) atoms. The van der Waals surface area contributed by atoms with Gasteiger partial charge in [0.05, 0.1) is 38.1 Å². The van der Waals surface area contributed by atoms with Gasteiger partial charge in [-0.3, -0.25) is 0 Å². The molecular formula is C14H29NO4. The van der Waals surface area contributed by atoms with Gasteiger partial charge in [0, 0.05) is 13.2 Å². The Balaban J connectivity index is 1.83. The van der Waals surface area contributed by atoms with Crippen molar-refractivity contribution in [1.82, 2.24) is 5.32 Å². The van der Waals surface area contributed by atoms with Crippen molar-refractivity contribution in [2.45, 2.75) is 51.4 Å². The summed E-state index contributed by atoms with van der Waals surface area (Å²) in [5.41, 5.74) is 0. The Morgan fingerprint density at radius 1 is 1.37 bits per heavy atom.